The Balaban J connectivity index is 2.05. The molecule has 0 aliphatic rings. The molecule has 1 aromatic carbocycles. The predicted molar refractivity (Wildman–Crippen MR) is 91.3 cm³/mol. The third-order valence-electron chi connectivity index (χ3n) is 3.11. The number of benzene rings is 1. The average molecular weight is 310 g/mol. The van der Waals surface area contributed by atoms with E-state index in [4.69, 9.17) is 4.74 Å². The van der Waals surface area contributed by atoms with Crippen molar-refractivity contribution in [1.82, 2.24) is 5.32 Å². The van der Waals surface area contributed by atoms with Gasteiger partial charge in [0.05, 0.1) is 13.7 Å². The van der Waals surface area contributed by atoms with E-state index in [2.05, 4.69) is 16.9 Å². The van der Waals surface area contributed by atoms with Gasteiger partial charge in [-0.3, -0.25) is 4.79 Å². The third-order valence-corrected chi connectivity index (χ3v) is 3.81. The molecule has 1 amide bonds. The van der Waals surface area contributed by atoms with E-state index in [0.29, 0.717) is 6.54 Å². The molecule has 1 aromatic rings. The summed E-state index contributed by atoms with van der Waals surface area (Å²) in [5, 5.41) is 6.03. The maximum absolute atomic E-state index is 11.7. The van der Waals surface area contributed by atoms with Gasteiger partial charge in [-0.15, -0.1) is 0 Å². The highest BCUT2D eigenvalue weighted by atomic mass is 32.2. The van der Waals surface area contributed by atoms with Crippen LogP contribution in [-0.4, -0.2) is 38.1 Å². The lowest BCUT2D eigenvalue weighted by Gasteiger charge is -2.07. The van der Waals surface area contributed by atoms with Crippen LogP contribution in [0, 0.1) is 0 Å². The van der Waals surface area contributed by atoms with E-state index < -0.39 is 0 Å². The molecule has 0 fully saturated rings. The van der Waals surface area contributed by atoms with E-state index >= 15 is 0 Å². The van der Waals surface area contributed by atoms with Crippen LogP contribution in [0.15, 0.2) is 24.3 Å². The van der Waals surface area contributed by atoms with Gasteiger partial charge in [0.1, 0.15) is 5.75 Å². The first-order valence-electron chi connectivity index (χ1n) is 7.40. The SMILES string of the molecule is COc1ccc(NC(=O)CNCCCCCCSC)cc1. The molecule has 0 bridgehead atoms. The first kappa shape index (κ1) is 17.9. The summed E-state index contributed by atoms with van der Waals surface area (Å²) in [5.74, 6) is 2.02. The molecule has 21 heavy (non-hydrogen) atoms. The number of carbonyl (C=O) groups excluding carboxylic acids is 1. The van der Waals surface area contributed by atoms with Crippen LogP contribution in [0.1, 0.15) is 25.7 Å². The van der Waals surface area contributed by atoms with Gasteiger partial charge in [-0.05, 0) is 55.7 Å². The Hall–Kier alpha value is -1.20. The Kier molecular flexibility index (Phi) is 9.74. The third kappa shape index (κ3) is 8.63. The highest BCUT2D eigenvalue weighted by molar-refractivity contribution is 7.98. The van der Waals surface area contributed by atoms with Crippen LogP contribution in [0.5, 0.6) is 5.75 Å². The Morgan fingerprint density at radius 3 is 2.52 bits per heavy atom. The number of amides is 1. The van der Waals surface area contributed by atoms with Gasteiger partial charge in [-0.2, -0.15) is 11.8 Å². The van der Waals surface area contributed by atoms with Crippen LogP contribution >= 0.6 is 11.8 Å². The summed E-state index contributed by atoms with van der Waals surface area (Å²) in [7, 11) is 1.62. The second kappa shape index (κ2) is 11.5. The average Bonchev–Trinajstić information content (AvgIpc) is 2.50. The molecule has 1 rings (SSSR count). The van der Waals surface area contributed by atoms with Crippen molar-refractivity contribution in [3.05, 3.63) is 24.3 Å². The van der Waals surface area contributed by atoms with Crippen LogP contribution in [0.3, 0.4) is 0 Å². The molecular formula is C16H26N2O2S. The first-order chi connectivity index (χ1) is 10.3. The molecule has 0 unspecified atom stereocenters. The smallest absolute Gasteiger partial charge is 0.238 e. The molecule has 5 heteroatoms. The van der Waals surface area contributed by atoms with Gasteiger partial charge in [-0.25, -0.2) is 0 Å². The molecule has 0 aliphatic carbocycles. The van der Waals surface area contributed by atoms with E-state index in [0.717, 1.165) is 24.4 Å². The van der Waals surface area contributed by atoms with Gasteiger partial charge in [-0.1, -0.05) is 12.8 Å². The summed E-state index contributed by atoms with van der Waals surface area (Å²) in [5.41, 5.74) is 0.791. The summed E-state index contributed by atoms with van der Waals surface area (Å²) < 4.78 is 5.07. The zero-order valence-corrected chi connectivity index (χ0v) is 13.8. The maximum atomic E-state index is 11.7. The van der Waals surface area contributed by atoms with E-state index in [-0.39, 0.29) is 5.91 Å². The molecule has 0 radical (unpaired) electrons. The number of hydrogen-bond donors (Lipinski definition) is 2. The number of nitrogens with one attached hydrogen (secondary N) is 2. The molecule has 0 saturated heterocycles. The number of anilines is 1. The summed E-state index contributed by atoms with van der Waals surface area (Å²) in [6, 6.07) is 7.33. The number of methoxy groups -OCH3 is 1. The fourth-order valence-corrected chi connectivity index (χ4v) is 2.42. The van der Waals surface area contributed by atoms with Crippen molar-refractivity contribution in [2.45, 2.75) is 25.7 Å². The highest BCUT2D eigenvalue weighted by Gasteiger charge is 2.01. The van der Waals surface area contributed by atoms with Gasteiger partial charge in [0.15, 0.2) is 0 Å². The second-order valence-electron chi connectivity index (χ2n) is 4.86. The zero-order valence-electron chi connectivity index (χ0n) is 13.0. The molecule has 0 aromatic heterocycles. The van der Waals surface area contributed by atoms with Crippen molar-refractivity contribution in [2.75, 3.05) is 37.5 Å². The van der Waals surface area contributed by atoms with Crippen LogP contribution in [-0.2, 0) is 4.79 Å². The van der Waals surface area contributed by atoms with Crippen LogP contribution in [0.4, 0.5) is 5.69 Å². The topological polar surface area (TPSA) is 50.4 Å². The van der Waals surface area contributed by atoms with Crippen molar-refractivity contribution in [3.63, 3.8) is 0 Å². The van der Waals surface area contributed by atoms with E-state index in [1.807, 2.05) is 36.0 Å². The number of carbonyl (C=O) groups is 1. The van der Waals surface area contributed by atoms with Gasteiger partial charge in [0, 0.05) is 5.69 Å². The van der Waals surface area contributed by atoms with Crippen molar-refractivity contribution in [1.29, 1.82) is 0 Å². The fourth-order valence-electron chi connectivity index (χ4n) is 1.93. The quantitative estimate of drug-likeness (QED) is 0.617. The molecule has 0 heterocycles. The monoisotopic (exact) mass is 310 g/mol. The Labute approximate surface area is 132 Å². The maximum Gasteiger partial charge on any atom is 0.238 e. The number of rotatable bonds is 11. The largest absolute Gasteiger partial charge is 0.497 e. The van der Waals surface area contributed by atoms with Crippen molar-refractivity contribution < 1.29 is 9.53 Å². The minimum Gasteiger partial charge on any atom is -0.497 e. The van der Waals surface area contributed by atoms with Crippen LogP contribution < -0.4 is 15.4 Å². The Morgan fingerprint density at radius 1 is 1.14 bits per heavy atom. The van der Waals surface area contributed by atoms with E-state index in [9.17, 15) is 4.79 Å². The molecule has 0 saturated carbocycles. The van der Waals surface area contributed by atoms with Crippen molar-refractivity contribution in [2.24, 2.45) is 0 Å². The molecule has 118 valence electrons. The zero-order chi connectivity index (χ0) is 15.3. The van der Waals surface area contributed by atoms with E-state index in [1.54, 1.807) is 7.11 Å². The van der Waals surface area contributed by atoms with Crippen LogP contribution in [0.2, 0.25) is 0 Å². The van der Waals surface area contributed by atoms with Gasteiger partial charge in [0.2, 0.25) is 5.91 Å². The molecule has 0 aliphatic heterocycles. The number of ether oxygens (including phenoxy) is 1. The van der Waals surface area contributed by atoms with Crippen LogP contribution in [0.25, 0.3) is 0 Å². The minimum atomic E-state index is -0.0115. The number of unbranched alkanes of at least 4 members (excludes halogenated alkanes) is 3. The molecule has 0 spiro atoms. The second-order valence-corrected chi connectivity index (χ2v) is 5.85. The summed E-state index contributed by atoms with van der Waals surface area (Å²) in [6.45, 7) is 1.26. The molecule has 0 atom stereocenters. The summed E-state index contributed by atoms with van der Waals surface area (Å²) >= 11 is 1.90. The lowest BCUT2D eigenvalue weighted by molar-refractivity contribution is -0.115. The number of hydrogen-bond acceptors (Lipinski definition) is 4. The minimum absolute atomic E-state index is 0.0115. The normalized spacial score (nSPS) is 10.4. The first-order valence-corrected chi connectivity index (χ1v) is 8.79. The van der Waals surface area contributed by atoms with Gasteiger partial charge in [0.25, 0.3) is 0 Å². The highest BCUT2D eigenvalue weighted by Crippen LogP contribution is 2.14. The fraction of sp³-hybridized carbons (Fsp3) is 0.562. The van der Waals surface area contributed by atoms with Crippen molar-refractivity contribution >= 4 is 23.4 Å². The predicted octanol–water partition coefficient (Wildman–Crippen LogP) is 3.15. The van der Waals surface area contributed by atoms with Gasteiger partial charge >= 0.3 is 0 Å². The number of thioether (sulfide) groups is 1. The lowest BCUT2D eigenvalue weighted by atomic mass is 10.2. The summed E-state index contributed by atoms with van der Waals surface area (Å²) in [4.78, 5) is 11.7. The lowest BCUT2D eigenvalue weighted by Crippen LogP contribution is -2.28. The molecule has 4 nitrogen and oxygen atoms in total. The van der Waals surface area contributed by atoms with Crippen molar-refractivity contribution in [3.8, 4) is 5.75 Å². The molecular weight excluding hydrogens is 284 g/mol. The molecule has 2 N–H and O–H groups in total. The van der Waals surface area contributed by atoms with E-state index in [1.165, 1.54) is 25.0 Å². The Bertz CT molecular complexity index is 396. The summed E-state index contributed by atoms with van der Waals surface area (Å²) in [6.07, 6.45) is 7.07. The van der Waals surface area contributed by atoms with Gasteiger partial charge < -0.3 is 15.4 Å². The standard InChI is InChI=1S/C16H26N2O2S/c1-20-15-9-7-14(8-10-15)18-16(19)13-17-11-5-3-4-6-12-21-2/h7-10,17H,3-6,11-13H2,1-2H3,(H,18,19). The Morgan fingerprint density at radius 2 is 1.86 bits per heavy atom.